The number of nitrogens with zero attached hydrogens (tertiary/aromatic N) is 2. The van der Waals surface area contributed by atoms with Crippen LogP contribution in [0, 0.1) is 0 Å². The maximum atomic E-state index is 13.4. The molecule has 0 saturated heterocycles. The third-order valence-electron chi connectivity index (χ3n) is 5.23. The highest BCUT2D eigenvalue weighted by molar-refractivity contribution is 6.04. The van der Waals surface area contributed by atoms with E-state index in [0.717, 1.165) is 22.3 Å². The van der Waals surface area contributed by atoms with E-state index in [4.69, 9.17) is 0 Å². The average Bonchev–Trinajstić information content (AvgIpc) is 2.91. The summed E-state index contributed by atoms with van der Waals surface area (Å²) in [5, 5.41) is 7.60. The number of aromatic nitrogens is 2. The predicted molar refractivity (Wildman–Crippen MR) is 108 cm³/mol. The van der Waals surface area contributed by atoms with Crippen molar-refractivity contribution < 1.29 is 4.79 Å². The van der Waals surface area contributed by atoms with E-state index >= 15 is 0 Å². The van der Waals surface area contributed by atoms with Crippen molar-refractivity contribution in [1.82, 2.24) is 15.1 Å². The lowest BCUT2D eigenvalue weighted by Crippen LogP contribution is -2.31. The Morgan fingerprint density at radius 3 is 1.96 bits per heavy atom. The van der Waals surface area contributed by atoms with E-state index in [2.05, 4.69) is 34.5 Å². The molecule has 5 rings (SSSR count). The van der Waals surface area contributed by atoms with E-state index in [1.54, 1.807) is 23.1 Å². The van der Waals surface area contributed by atoms with Gasteiger partial charge in [-0.15, -0.1) is 0 Å². The highest BCUT2D eigenvalue weighted by atomic mass is 16.2. The molecule has 0 atom stereocenters. The van der Waals surface area contributed by atoms with E-state index in [-0.39, 0.29) is 17.2 Å². The maximum Gasteiger partial charge on any atom is 0.275 e. The monoisotopic (exact) mass is 367 g/mol. The van der Waals surface area contributed by atoms with Crippen LogP contribution in [-0.4, -0.2) is 21.0 Å². The number of H-pyrrole nitrogens is 1. The van der Waals surface area contributed by atoms with Gasteiger partial charge in [0.1, 0.15) is 0 Å². The number of aromatic amines is 1. The average molecular weight is 367 g/mol. The van der Waals surface area contributed by atoms with Crippen molar-refractivity contribution in [3.05, 3.63) is 100.0 Å². The Kier molecular flexibility index (Phi) is 3.79. The SMILES string of the molecule is O=C(c1n[nH]c(=O)c2ccccc12)N1Cc2ccccc2-c2ccccc2C1. The third kappa shape index (κ3) is 2.60. The zero-order valence-corrected chi connectivity index (χ0v) is 15.1. The molecule has 0 aliphatic carbocycles. The summed E-state index contributed by atoms with van der Waals surface area (Å²) in [6.45, 7) is 0.970. The first-order valence-corrected chi connectivity index (χ1v) is 9.15. The van der Waals surface area contributed by atoms with Crippen molar-refractivity contribution >= 4 is 16.7 Å². The number of hydrogen-bond donors (Lipinski definition) is 1. The van der Waals surface area contributed by atoms with E-state index < -0.39 is 0 Å². The molecule has 1 aliphatic heterocycles. The fraction of sp³-hybridized carbons (Fsp3) is 0.0870. The van der Waals surface area contributed by atoms with Gasteiger partial charge in [-0.25, -0.2) is 5.10 Å². The van der Waals surface area contributed by atoms with E-state index in [1.807, 2.05) is 30.3 Å². The third-order valence-corrected chi connectivity index (χ3v) is 5.23. The van der Waals surface area contributed by atoms with Gasteiger partial charge >= 0.3 is 0 Å². The minimum Gasteiger partial charge on any atom is -0.329 e. The number of hydrogen-bond acceptors (Lipinski definition) is 3. The quantitative estimate of drug-likeness (QED) is 0.557. The van der Waals surface area contributed by atoms with Crippen LogP contribution >= 0.6 is 0 Å². The number of benzene rings is 3. The van der Waals surface area contributed by atoms with Crippen LogP contribution in [-0.2, 0) is 13.1 Å². The summed E-state index contributed by atoms with van der Waals surface area (Å²) in [4.78, 5) is 27.3. The van der Waals surface area contributed by atoms with Gasteiger partial charge in [0.2, 0.25) is 0 Å². The Morgan fingerprint density at radius 2 is 1.32 bits per heavy atom. The summed E-state index contributed by atoms with van der Waals surface area (Å²) < 4.78 is 0. The fourth-order valence-electron chi connectivity index (χ4n) is 3.88. The van der Waals surface area contributed by atoms with E-state index in [1.165, 1.54) is 0 Å². The standard InChI is InChI=1S/C23H17N3O2/c27-22-20-12-6-5-11-19(20)21(24-25-22)23(28)26-13-15-7-1-3-9-17(15)18-10-4-2-8-16(18)14-26/h1-12H,13-14H2,(H,25,27). The van der Waals surface area contributed by atoms with Crippen LogP contribution in [0.2, 0.25) is 0 Å². The first kappa shape index (κ1) is 16.4. The molecule has 3 aromatic carbocycles. The summed E-state index contributed by atoms with van der Waals surface area (Å²) in [6.07, 6.45) is 0. The number of carbonyl (C=O) groups excluding carboxylic acids is 1. The van der Waals surface area contributed by atoms with Crippen LogP contribution in [0.25, 0.3) is 21.9 Å². The van der Waals surface area contributed by atoms with Crippen LogP contribution in [0.15, 0.2) is 77.6 Å². The molecule has 0 saturated carbocycles. The van der Waals surface area contributed by atoms with Gasteiger partial charge < -0.3 is 4.90 Å². The van der Waals surface area contributed by atoms with Gasteiger partial charge in [-0.2, -0.15) is 5.10 Å². The van der Waals surface area contributed by atoms with Gasteiger partial charge in [0.05, 0.1) is 5.39 Å². The lowest BCUT2D eigenvalue weighted by atomic mass is 9.97. The number of amides is 1. The first-order valence-electron chi connectivity index (χ1n) is 9.15. The first-order chi connectivity index (χ1) is 13.7. The molecule has 136 valence electrons. The summed E-state index contributed by atoms with van der Waals surface area (Å²) in [6, 6.07) is 23.4. The number of rotatable bonds is 1. The molecule has 1 aliphatic rings. The van der Waals surface area contributed by atoms with Gasteiger partial charge in [0, 0.05) is 18.5 Å². The lowest BCUT2D eigenvalue weighted by molar-refractivity contribution is 0.0727. The van der Waals surface area contributed by atoms with Crippen molar-refractivity contribution in [3.8, 4) is 11.1 Å². The second kappa shape index (κ2) is 6.46. The van der Waals surface area contributed by atoms with Crippen LogP contribution in [0.1, 0.15) is 21.6 Å². The van der Waals surface area contributed by atoms with Crippen LogP contribution in [0.3, 0.4) is 0 Å². The molecule has 0 radical (unpaired) electrons. The largest absolute Gasteiger partial charge is 0.329 e. The second-order valence-corrected chi connectivity index (χ2v) is 6.92. The van der Waals surface area contributed by atoms with E-state index in [9.17, 15) is 9.59 Å². The maximum absolute atomic E-state index is 13.4. The predicted octanol–water partition coefficient (Wildman–Crippen LogP) is 3.75. The molecule has 1 amide bonds. The molecule has 0 fully saturated rings. The van der Waals surface area contributed by atoms with Crippen LogP contribution in [0.4, 0.5) is 0 Å². The number of carbonyl (C=O) groups is 1. The molecular weight excluding hydrogens is 350 g/mol. The fourth-order valence-corrected chi connectivity index (χ4v) is 3.88. The topological polar surface area (TPSA) is 66.1 Å². The summed E-state index contributed by atoms with van der Waals surface area (Å²) >= 11 is 0. The summed E-state index contributed by atoms with van der Waals surface area (Å²) in [5.41, 5.74) is 4.45. The van der Waals surface area contributed by atoms with Crippen LogP contribution in [0.5, 0.6) is 0 Å². The Balaban J connectivity index is 1.65. The lowest BCUT2D eigenvalue weighted by Gasteiger charge is -2.21. The highest BCUT2D eigenvalue weighted by Gasteiger charge is 2.25. The second-order valence-electron chi connectivity index (χ2n) is 6.92. The minimum atomic E-state index is -0.293. The molecule has 5 heteroatoms. The molecule has 1 aromatic heterocycles. The molecule has 2 heterocycles. The van der Waals surface area contributed by atoms with Gasteiger partial charge in [0.25, 0.3) is 11.5 Å². The zero-order valence-electron chi connectivity index (χ0n) is 15.1. The smallest absolute Gasteiger partial charge is 0.275 e. The van der Waals surface area contributed by atoms with Gasteiger partial charge in [-0.05, 0) is 28.3 Å². The van der Waals surface area contributed by atoms with Crippen molar-refractivity contribution in [2.75, 3.05) is 0 Å². The van der Waals surface area contributed by atoms with Crippen LogP contribution < -0.4 is 5.56 Å². The van der Waals surface area contributed by atoms with Crippen molar-refractivity contribution in [3.63, 3.8) is 0 Å². The van der Waals surface area contributed by atoms with Gasteiger partial charge in [0.15, 0.2) is 5.69 Å². The molecule has 0 spiro atoms. The van der Waals surface area contributed by atoms with E-state index in [0.29, 0.717) is 23.9 Å². The zero-order chi connectivity index (χ0) is 19.1. The molecule has 0 bridgehead atoms. The van der Waals surface area contributed by atoms with Crippen molar-refractivity contribution in [2.24, 2.45) is 0 Å². The molecule has 5 nitrogen and oxygen atoms in total. The molecule has 4 aromatic rings. The molecule has 0 unspecified atom stereocenters. The Bertz CT molecular complexity index is 1230. The van der Waals surface area contributed by atoms with Gasteiger partial charge in [-0.1, -0.05) is 66.7 Å². The molecule has 28 heavy (non-hydrogen) atoms. The summed E-state index contributed by atoms with van der Waals surface area (Å²) in [5.74, 6) is -0.195. The van der Waals surface area contributed by atoms with Crippen molar-refractivity contribution in [2.45, 2.75) is 13.1 Å². The Morgan fingerprint density at radius 1 is 0.786 bits per heavy atom. The Labute approximate surface area is 161 Å². The normalized spacial score (nSPS) is 12.9. The number of fused-ring (bicyclic) bond motifs is 4. The summed E-state index contributed by atoms with van der Waals surface area (Å²) in [7, 11) is 0. The Hall–Kier alpha value is -3.73. The molecule has 1 N–H and O–H groups in total. The van der Waals surface area contributed by atoms with Gasteiger partial charge in [-0.3, -0.25) is 9.59 Å². The number of nitrogens with one attached hydrogen (secondary N) is 1. The molecular formula is C23H17N3O2. The van der Waals surface area contributed by atoms with Crippen molar-refractivity contribution in [1.29, 1.82) is 0 Å². The minimum absolute atomic E-state index is 0.195. The highest BCUT2D eigenvalue weighted by Crippen LogP contribution is 2.33.